The molecule has 0 radical (unpaired) electrons. The van der Waals surface area contributed by atoms with Crippen LogP contribution in [0.1, 0.15) is 10.5 Å². The first kappa shape index (κ1) is 9.43. The zero-order valence-corrected chi connectivity index (χ0v) is 9.02. The van der Waals surface area contributed by atoms with Crippen LogP contribution in [-0.4, -0.2) is 10.8 Å². The second-order valence-corrected chi connectivity index (χ2v) is 3.73. The Hall–Kier alpha value is -0.660. The summed E-state index contributed by atoms with van der Waals surface area (Å²) in [6.45, 7) is 0. The predicted molar refractivity (Wildman–Crippen MR) is 52.8 cm³/mol. The number of carbonyl (C=O) groups excluding carboxylic acids is 1. The van der Waals surface area contributed by atoms with Crippen molar-refractivity contribution >= 4 is 37.6 Å². The largest absolute Gasteiger partial charge is 0.277 e. The van der Waals surface area contributed by atoms with Gasteiger partial charge >= 0.3 is 0 Å². The normalized spacial score (nSPS) is 9.08. The minimum atomic E-state index is -0.422. The van der Waals surface area contributed by atoms with Crippen LogP contribution in [0.5, 0.6) is 0 Å². The van der Waals surface area contributed by atoms with Gasteiger partial charge in [-0.25, -0.2) is 4.98 Å². The predicted octanol–water partition coefficient (Wildman–Crippen LogP) is 2.42. The highest BCUT2D eigenvalue weighted by molar-refractivity contribution is 9.11. The maximum Gasteiger partial charge on any atom is 0.255 e. The summed E-state index contributed by atoms with van der Waals surface area (Å²) in [5.74, 6) is 1.57. The minimum absolute atomic E-state index is 0.265. The molecule has 0 aliphatic carbocycles. The van der Waals surface area contributed by atoms with E-state index in [1.54, 1.807) is 6.07 Å². The van der Waals surface area contributed by atoms with E-state index in [-0.39, 0.29) is 5.69 Å². The van der Waals surface area contributed by atoms with Crippen molar-refractivity contribution in [2.75, 3.05) is 0 Å². The third kappa shape index (κ3) is 1.93. The third-order valence-electron chi connectivity index (χ3n) is 1.15. The maximum absolute atomic E-state index is 11.0. The molecule has 0 saturated carbocycles. The SMILES string of the molecule is C#CC(=O)c1ncc(Br)cc1Br. The zero-order chi connectivity index (χ0) is 9.14. The number of hydrogen-bond acceptors (Lipinski definition) is 2. The number of halogens is 2. The number of terminal acetylenes is 1. The van der Waals surface area contributed by atoms with E-state index in [0.717, 1.165) is 4.47 Å². The summed E-state index contributed by atoms with van der Waals surface area (Å²) in [4.78, 5) is 14.9. The van der Waals surface area contributed by atoms with Crippen LogP contribution in [0.25, 0.3) is 0 Å². The van der Waals surface area contributed by atoms with Gasteiger partial charge in [-0.15, -0.1) is 6.42 Å². The lowest BCUT2D eigenvalue weighted by Crippen LogP contribution is -1.99. The van der Waals surface area contributed by atoms with Crippen molar-refractivity contribution in [1.29, 1.82) is 0 Å². The molecular weight excluding hydrogens is 286 g/mol. The second-order valence-electron chi connectivity index (χ2n) is 1.96. The number of pyridine rings is 1. The molecule has 0 fully saturated rings. The van der Waals surface area contributed by atoms with E-state index in [1.807, 2.05) is 5.92 Å². The van der Waals surface area contributed by atoms with Crippen molar-refractivity contribution < 1.29 is 4.79 Å². The molecule has 60 valence electrons. The molecule has 12 heavy (non-hydrogen) atoms. The standard InChI is InChI=1S/C8H3Br2NO/c1-2-7(12)8-6(10)3-5(9)4-11-8/h1,3-4H. The van der Waals surface area contributed by atoms with Crippen molar-refractivity contribution in [1.82, 2.24) is 4.98 Å². The summed E-state index contributed by atoms with van der Waals surface area (Å²) in [5.41, 5.74) is 0.265. The average molecular weight is 289 g/mol. The Kier molecular flexibility index (Phi) is 3.01. The Bertz CT molecular complexity index is 368. The van der Waals surface area contributed by atoms with Crippen molar-refractivity contribution in [3.63, 3.8) is 0 Å². The molecule has 0 bridgehead atoms. The molecule has 0 spiro atoms. The van der Waals surface area contributed by atoms with Crippen molar-refractivity contribution in [2.24, 2.45) is 0 Å². The van der Waals surface area contributed by atoms with Gasteiger partial charge in [0.05, 0.1) is 0 Å². The molecule has 0 amide bonds. The van der Waals surface area contributed by atoms with Crippen molar-refractivity contribution in [2.45, 2.75) is 0 Å². The minimum Gasteiger partial charge on any atom is -0.277 e. The molecule has 0 aromatic carbocycles. The summed E-state index contributed by atoms with van der Waals surface area (Å²) in [6.07, 6.45) is 6.46. The number of ketones is 1. The molecule has 0 atom stereocenters. The molecule has 0 unspecified atom stereocenters. The quantitative estimate of drug-likeness (QED) is 0.451. The molecule has 0 aliphatic heterocycles. The smallest absolute Gasteiger partial charge is 0.255 e. The van der Waals surface area contributed by atoms with Gasteiger partial charge in [0.15, 0.2) is 0 Å². The topological polar surface area (TPSA) is 30.0 Å². The Morgan fingerprint density at radius 1 is 1.58 bits per heavy atom. The average Bonchev–Trinajstić information content (AvgIpc) is 2.03. The molecular formula is C8H3Br2NO. The molecule has 1 aromatic rings. The Morgan fingerprint density at radius 3 is 2.75 bits per heavy atom. The van der Waals surface area contributed by atoms with Gasteiger partial charge in [-0.3, -0.25) is 4.79 Å². The number of Topliss-reactive ketones (excluding diaryl/α,β-unsaturated/α-hetero) is 1. The van der Waals surface area contributed by atoms with Crippen molar-refractivity contribution in [3.05, 3.63) is 26.9 Å². The van der Waals surface area contributed by atoms with Gasteiger partial charge in [-0.2, -0.15) is 0 Å². The number of carbonyl (C=O) groups is 1. The van der Waals surface area contributed by atoms with Crippen LogP contribution in [0.15, 0.2) is 21.2 Å². The molecule has 4 heteroatoms. The summed E-state index contributed by atoms with van der Waals surface area (Å²) in [5, 5.41) is 0. The highest BCUT2D eigenvalue weighted by atomic mass is 79.9. The van der Waals surface area contributed by atoms with Gasteiger partial charge in [0, 0.05) is 15.1 Å². The van der Waals surface area contributed by atoms with Crippen LogP contribution < -0.4 is 0 Å². The highest BCUT2D eigenvalue weighted by Crippen LogP contribution is 2.19. The van der Waals surface area contributed by atoms with Crippen LogP contribution in [0.2, 0.25) is 0 Å². The van der Waals surface area contributed by atoms with Crippen LogP contribution in [0, 0.1) is 12.3 Å². The fourth-order valence-electron chi connectivity index (χ4n) is 0.650. The van der Waals surface area contributed by atoms with E-state index in [4.69, 9.17) is 6.42 Å². The van der Waals surface area contributed by atoms with Crippen molar-refractivity contribution in [3.8, 4) is 12.3 Å². The van der Waals surface area contributed by atoms with E-state index in [2.05, 4.69) is 36.8 Å². The van der Waals surface area contributed by atoms with Crippen LogP contribution >= 0.6 is 31.9 Å². The third-order valence-corrected chi connectivity index (χ3v) is 2.19. The lowest BCUT2D eigenvalue weighted by Gasteiger charge is -1.97. The highest BCUT2D eigenvalue weighted by Gasteiger charge is 2.08. The monoisotopic (exact) mass is 287 g/mol. The van der Waals surface area contributed by atoms with E-state index in [9.17, 15) is 4.79 Å². The van der Waals surface area contributed by atoms with E-state index in [1.165, 1.54) is 6.20 Å². The van der Waals surface area contributed by atoms with Gasteiger partial charge in [0.2, 0.25) is 0 Å². The molecule has 0 saturated heterocycles. The maximum atomic E-state index is 11.0. The molecule has 0 N–H and O–H groups in total. The van der Waals surface area contributed by atoms with Crippen LogP contribution in [0.4, 0.5) is 0 Å². The Balaban J connectivity index is 3.20. The summed E-state index contributed by atoms with van der Waals surface area (Å²) < 4.78 is 1.39. The summed E-state index contributed by atoms with van der Waals surface area (Å²) in [7, 11) is 0. The number of hydrogen-bond donors (Lipinski definition) is 0. The molecule has 1 rings (SSSR count). The lowest BCUT2D eigenvalue weighted by atomic mass is 10.2. The lowest BCUT2D eigenvalue weighted by molar-refractivity contribution is 0.105. The molecule has 0 aliphatic rings. The molecule has 1 heterocycles. The second kappa shape index (κ2) is 3.83. The first-order valence-corrected chi connectivity index (χ1v) is 4.55. The van der Waals surface area contributed by atoms with Crippen LogP contribution in [-0.2, 0) is 0 Å². The first-order valence-electron chi connectivity index (χ1n) is 2.97. The van der Waals surface area contributed by atoms with E-state index < -0.39 is 5.78 Å². The summed E-state index contributed by atoms with van der Waals surface area (Å²) >= 11 is 6.39. The van der Waals surface area contributed by atoms with Gasteiger partial charge in [-0.05, 0) is 43.8 Å². The Morgan fingerprint density at radius 2 is 2.25 bits per heavy atom. The van der Waals surface area contributed by atoms with E-state index >= 15 is 0 Å². The number of nitrogens with zero attached hydrogens (tertiary/aromatic N) is 1. The van der Waals surface area contributed by atoms with Crippen LogP contribution in [0.3, 0.4) is 0 Å². The van der Waals surface area contributed by atoms with Gasteiger partial charge in [-0.1, -0.05) is 0 Å². The fraction of sp³-hybridized carbons (Fsp3) is 0. The Labute approximate surface area is 86.6 Å². The molecule has 1 aromatic heterocycles. The van der Waals surface area contributed by atoms with E-state index in [0.29, 0.717) is 4.47 Å². The van der Waals surface area contributed by atoms with Gasteiger partial charge in [0.25, 0.3) is 5.78 Å². The number of rotatable bonds is 1. The summed E-state index contributed by atoms with van der Waals surface area (Å²) in [6, 6.07) is 1.72. The van der Waals surface area contributed by atoms with Gasteiger partial charge < -0.3 is 0 Å². The zero-order valence-electron chi connectivity index (χ0n) is 5.84. The van der Waals surface area contributed by atoms with Gasteiger partial charge in [0.1, 0.15) is 5.69 Å². The first-order chi connectivity index (χ1) is 5.65. The molecule has 2 nitrogen and oxygen atoms in total. The number of aromatic nitrogens is 1. The fourth-order valence-corrected chi connectivity index (χ4v) is 1.82.